The summed E-state index contributed by atoms with van der Waals surface area (Å²) in [6.07, 6.45) is 0.342. The molecule has 1 aliphatic rings. The van der Waals surface area contributed by atoms with Crippen molar-refractivity contribution in [3.63, 3.8) is 0 Å². The molecule has 126 valence electrons. The van der Waals surface area contributed by atoms with Gasteiger partial charge in [0.15, 0.2) is 0 Å². The Balaban J connectivity index is 2.25. The van der Waals surface area contributed by atoms with Gasteiger partial charge in [-0.05, 0) is 44.9 Å². The number of methoxy groups -OCH3 is 1. The number of benzene rings is 1. The monoisotopic (exact) mass is 339 g/mol. The minimum Gasteiger partial charge on any atom is -0.468 e. The number of nitrogens with one attached hydrogen (secondary N) is 1. The molecule has 1 saturated heterocycles. The van der Waals surface area contributed by atoms with Crippen LogP contribution in [0.1, 0.15) is 38.8 Å². The third-order valence-corrected chi connectivity index (χ3v) is 3.95. The van der Waals surface area contributed by atoms with E-state index in [0.717, 1.165) is 5.56 Å². The van der Waals surface area contributed by atoms with Crippen LogP contribution in [0.25, 0.3) is 0 Å². The predicted molar refractivity (Wildman–Crippen MR) is 87.1 cm³/mol. The van der Waals surface area contributed by atoms with Gasteiger partial charge in [-0.2, -0.15) is 0 Å². The molecule has 0 amide bonds. The van der Waals surface area contributed by atoms with Crippen molar-refractivity contribution >= 4 is 23.5 Å². The first-order valence-electron chi connectivity index (χ1n) is 7.53. The average molecular weight is 340 g/mol. The SMILES string of the molecule is COC(=O)[C@@H]1C[C@@H](C(=O)OC(C)(C)C)[C@H](c2ccc(Cl)cc2)N1. The fraction of sp³-hybridized carbons (Fsp3) is 0.529. The molecule has 5 nitrogen and oxygen atoms in total. The Hall–Kier alpha value is -1.59. The molecule has 1 aromatic rings. The Morgan fingerprint density at radius 3 is 2.30 bits per heavy atom. The van der Waals surface area contributed by atoms with Gasteiger partial charge in [-0.1, -0.05) is 23.7 Å². The first kappa shape index (κ1) is 17.8. The highest BCUT2D eigenvalue weighted by Crippen LogP contribution is 2.35. The topological polar surface area (TPSA) is 64.6 Å². The van der Waals surface area contributed by atoms with E-state index in [9.17, 15) is 9.59 Å². The lowest BCUT2D eigenvalue weighted by Gasteiger charge is -2.25. The number of hydrogen-bond acceptors (Lipinski definition) is 5. The van der Waals surface area contributed by atoms with Crippen LogP contribution in [0.4, 0.5) is 0 Å². The summed E-state index contributed by atoms with van der Waals surface area (Å²) in [6.45, 7) is 5.47. The van der Waals surface area contributed by atoms with E-state index in [2.05, 4.69) is 5.32 Å². The van der Waals surface area contributed by atoms with E-state index in [-0.39, 0.29) is 18.0 Å². The minimum absolute atomic E-state index is 0.314. The van der Waals surface area contributed by atoms with Gasteiger partial charge in [-0.3, -0.25) is 14.9 Å². The van der Waals surface area contributed by atoms with Crippen molar-refractivity contribution in [3.05, 3.63) is 34.9 Å². The molecule has 0 saturated carbocycles. The molecule has 3 atom stereocenters. The molecular formula is C17H22ClNO4. The molecule has 1 aliphatic heterocycles. The second kappa shape index (κ2) is 6.89. The van der Waals surface area contributed by atoms with E-state index < -0.39 is 17.6 Å². The van der Waals surface area contributed by atoms with Crippen LogP contribution in [-0.2, 0) is 19.1 Å². The molecule has 0 radical (unpaired) electrons. The maximum atomic E-state index is 12.5. The van der Waals surface area contributed by atoms with Crippen LogP contribution in [0.15, 0.2) is 24.3 Å². The van der Waals surface area contributed by atoms with Crippen LogP contribution in [0.3, 0.4) is 0 Å². The Kier molecular flexibility index (Phi) is 5.32. The summed E-state index contributed by atoms with van der Waals surface area (Å²) < 4.78 is 10.3. The van der Waals surface area contributed by atoms with Gasteiger partial charge in [0.25, 0.3) is 0 Å². The number of rotatable bonds is 3. The molecule has 1 aromatic carbocycles. The first-order valence-corrected chi connectivity index (χ1v) is 7.91. The Bertz CT molecular complexity index is 579. The lowest BCUT2D eigenvalue weighted by Crippen LogP contribution is -2.33. The van der Waals surface area contributed by atoms with Crippen molar-refractivity contribution in [3.8, 4) is 0 Å². The third kappa shape index (κ3) is 4.45. The van der Waals surface area contributed by atoms with Gasteiger partial charge in [0.2, 0.25) is 0 Å². The molecule has 6 heteroatoms. The van der Waals surface area contributed by atoms with E-state index in [1.165, 1.54) is 7.11 Å². The van der Waals surface area contributed by atoms with Gasteiger partial charge >= 0.3 is 11.9 Å². The van der Waals surface area contributed by atoms with E-state index in [4.69, 9.17) is 21.1 Å². The summed E-state index contributed by atoms with van der Waals surface area (Å²) >= 11 is 5.92. The number of carbonyl (C=O) groups excluding carboxylic acids is 2. The van der Waals surface area contributed by atoms with E-state index in [1.54, 1.807) is 12.1 Å². The summed E-state index contributed by atoms with van der Waals surface area (Å²) in [5.41, 5.74) is 0.307. The molecule has 1 heterocycles. The van der Waals surface area contributed by atoms with Crippen molar-refractivity contribution in [2.75, 3.05) is 7.11 Å². The Morgan fingerprint density at radius 1 is 1.17 bits per heavy atom. The number of hydrogen-bond donors (Lipinski definition) is 1. The highest BCUT2D eigenvalue weighted by Gasteiger charge is 2.44. The standard InChI is InChI=1S/C17H22ClNO4/c1-17(2,3)23-15(20)12-9-13(16(21)22-4)19-14(12)10-5-7-11(18)8-6-10/h5-8,12-14,19H,9H2,1-4H3/t12-,13+,14+/m1/s1. The largest absolute Gasteiger partial charge is 0.468 e. The number of carbonyl (C=O) groups is 2. The quantitative estimate of drug-likeness (QED) is 0.858. The summed E-state index contributed by atoms with van der Waals surface area (Å²) in [5.74, 6) is -1.16. The normalized spacial score (nSPS) is 24.3. The van der Waals surface area contributed by atoms with Crippen molar-refractivity contribution in [1.82, 2.24) is 5.32 Å². The van der Waals surface area contributed by atoms with Gasteiger partial charge in [-0.15, -0.1) is 0 Å². The molecule has 0 unspecified atom stereocenters. The van der Waals surface area contributed by atoms with Gasteiger partial charge in [0, 0.05) is 11.1 Å². The van der Waals surface area contributed by atoms with Crippen molar-refractivity contribution in [1.29, 1.82) is 0 Å². The maximum Gasteiger partial charge on any atom is 0.322 e. The van der Waals surface area contributed by atoms with Gasteiger partial charge in [0.05, 0.1) is 13.0 Å². The van der Waals surface area contributed by atoms with Gasteiger partial charge in [-0.25, -0.2) is 0 Å². The summed E-state index contributed by atoms with van der Waals surface area (Å²) in [4.78, 5) is 24.4. The third-order valence-electron chi connectivity index (χ3n) is 3.70. The molecule has 23 heavy (non-hydrogen) atoms. The van der Waals surface area contributed by atoms with Crippen molar-refractivity contribution in [2.24, 2.45) is 5.92 Å². The molecule has 0 spiro atoms. The molecule has 2 rings (SSSR count). The molecular weight excluding hydrogens is 318 g/mol. The zero-order valence-corrected chi connectivity index (χ0v) is 14.5. The molecule has 0 bridgehead atoms. The second-order valence-electron chi connectivity index (χ2n) is 6.65. The summed E-state index contributed by atoms with van der Waals surface area (Å²) in [7, 11) is 1.34. The average Bonchev–Trinajstić information content (AvgIpc) is 2.90. The van der Waals surface area contributed by atoms with Crippen LogP contribution in [0, 0.1) is 5.92 Å². The first-order chi connectivity index (χ1) is 10.7. The number of halogens is 1. The van der Waals surface area contributed by atoms with Gasteiger partial charge < -0.3 is 9.47 Å². The molecule has 1 N–H and O–H groups in total. The highest BCUT2D eigenvalue weighted by atomic mass is 35.5. The maximum absolute atomic E-state index is 12.5. The zero-order chi connectivity index (χ0) is 17.2. The summed E-state index contributed by atoms with van der Waals surface area (Å²) in [5, 5.41) is 3.79. The number of ether oxygens (including phenoxy) is 2. The highest BCUT2D eigenvalue weighted by molar-refractivity contribution is 6.30. The lowest BCUT2D eigenvalue weighted by atomic mass is 9.93. The van der Waals surface area contributed by atoms with E-state index in [0.29, 0.717) is 11.4 Å². The smallest absolute Gasteiger partial charge is 0.322 e. The molecule has 1 fully saturated rings. The van der Waals surface area contributed by atoms with Crippen LogP contribution in [-0.4, -0.2) is 30.7 Å². The summed E-state index contributed by atoms with van der Waals surface area (Å²) in [6, 6.07) is 6.37. The van der Waals surface area contributed by atoms with Crippen LogP contribution in [0.5, 0.6) is 0 Å². The van der Waals surface area contributed by atoms with Crippen LogP contribution < -0.4 is 5.32 Å². The van der Waals surface area contributed by atoms with E-state index in [1.807, 2.05) is 32.9 Å². The molecule has 0 aliphatic carbocycles. The van der Waals surface area contributed by atoms with E-state index >= 15 is 0 Å². The van der Waals surface area contributed by atoms with Crippen molar-refractivity contribution < 1.29 is 19.1 Å². The Labute approximate surface area is 141 Å². The minimum atomic E-state index is -0.578. The lowest BCUT2D eigenvalue weighted by molar-refractivity contribution is -0.160. The Morgan fingerprint density at radius 2 is 1.78 bits per heavy atom. The van der Waals surface area contributed by atoms with Crippen molar-refractivity contribution in [2.45, 2.75) is 44.9 Å². The number of esters is 2. The van der Waals surface area contributed by atoms with Gasteiger partial charge in [0.1, 0.15) is 11.6 Å². The second-order valence-corrected chi connectivity index (χ2v) is 7.08. The van der Waals surface area contributed by atoms with Crippen LogP contribution in [0.2, 0.25) is 5.02 Å². The predicted octanol–water partition coefficient (Wildman–Crippen LogP) is 2.87. The molecule has 0 aromatic heterocycles. The zero-order valence-electron chi connectivity index (χ0n) is 13.8. The van der Waals surface area contributed by atoms with Crippen LogP contribution >= 0.6 is 11.6 Å². The fourth-order valence-corrected chi connectivity index (χ4v) is 2.83. The fourth-order valence-electron chi connectivity index (χ4n) is 2.71.